The van der Waals surface area contributed by atoms with Crippen LogP contribution in [0.2, 0.25) is 5.15 Å². The van der Waals surface area contributed by atoms with Gasteiger partial charge in [0.25, 0.3) is 0 Å². The fourth-order valence-corrected chi connectivity index (χ4v) is 1.56. The zero-order valence-electron chi connectivity index (χ0n) is 9.32. The smallest absolute Gasteiger partial charge is 0.224 e. The van der Waals surface area contributed by atoms with Crippen LogP contribution in [0.3, 0.4) is 0 Å². The molecular weight excluding hydrogens is 259 g/mol. The molecule has 2 rings (SSSR count). The fraction of sp³-hybridized carbons (Fsp3) is 0.167. The molecule has 1 amide bonds. The first-order valence-electron chi connectivity index (χ1n) is 5.30. The molecule has 1 heterocycles. The van der Waals surface area contributed by atoms with Crippen LogP contribution in [0, 0.1) is 5.82 Å². The molecule has 0 radical (unpaired) electrons. The molecule has 18 heavy (non-hydrogen) atoms. The van der Waals surface area contributed by atoms with Gasteiger partial charge in [-0.15, -0.1) is 0 Å². The number of halogens is 2. The Morgan fingerprint density at radius 2 is 2.11 bits per heavy atom. The van der Waals surface area contributed by atoms with Crippen LogP contribution in [0.1, 0.15) is 12.2 Å². The van der Waals surface area contributed by atoms with Gasteiger partial charge in [0.15, 0.2) is 5.15 Å². The van der Waals surface area contributed by atoms with Crippen molar-refractivity contribution in [1.82, 2.24) is 5.16 Å². The second kappa shape index (κ2) is 5.64. The number of anilines is 1. The van der Waals surface area contributed by atoms with Gasteiger partial charge in [-0.1, -0.05) is 16.8 Å². The Kier molecular flexibility index (Phi) is 3.94. The second-order valence-corrected chi connectivity index (χ2v) is 4.06. The van der Waals surface area contributed by atoms with Crippen molar-refractivity contribution in [3.8, 4) is 0 Å². The summed E-state index contributed by atoms with van der Waals surface area (Å²) in [6.45, 7) is 0. The lowest BCUT2D eigenvalue weighted by molar-refractivity contribution is -0.116. The molecule has 0 saturated carbocycles. The van der Waals surface area contributed by atoms with Crippen LogP contribution in [0.15, 0.2) is 34.9 Å². The number of carbonyl (C=O) groups excluding carboxylic acids is 1. The maximum atomic E-state index is 12.7. The van der Waals surface area contributed by atoms with Gasteiger partial charge in [-0.2, -0.15) is 0 Å². The Morgan fingerprint density at radius 1 is 1.39 bits per heavy atom. The molecule has 1 N–H and O–H groups in total. The predicted octanol–water partition coefficient (Wildman–Crippen LogP) is 3.04. The summed E-state index contributed by atoms with van der Waals surface area (Å²) in [7, 11) is 0. The first-order valence-corrected chi connectivity index (χ1v) is 5.68. The second-order valence-electron chi connectivity index (χ2n) is 3.67. The summed E-state index contributed by atoms with van der Waals surface area (Å²) in [4.78, 5) is 11.6. The van der Waals surface area contributed by atoms with E-state index in [1.54, 1.807) is 6.07 Å². The third kappa shape index (κ3) is 3.56. The van der Waals surface area contributed by atoms with E-state index in [-0.39, 0.29) is 23.3 Å². The van der Waals surface area contributed by atoms with Gasteiger partial charge < -0.3 is 9.84 Å². The SMILES string of the molecule is O=C(CCc1cc(Cl)no1)Nc1ccc(F)cc1. The van der Waals surface area contributed by atoms with E-state index in [4.69, 9.17) is 16.1 Å². The van der Waals surface area contributed by atoms with E-state index < -0.39 is 0 Å². The molecule has 0 aliphatic carbocycles. The van der Waals surface area contributed by atoms with Crippen LogP contribution in [0.5, 0.6) is 0 Å². The largest absolute Gasteiger partial charge is 0.360 e. The highest BCUT2D eigenvalue weighted by atomic mass is 35.5. The topological polar surface area (TPSA) is 55.1 Å². The van der Waals surface area contributed by atoms with E-state index in [1.807, 2.05) is 0 Å². The summed E-state index contributed by atoms with van der Waals surface area (Å²) in [6.07, 6.45) is 0.648. The van der Waals surface area contributed by atoms with E-state index >= 15 is 0 Å². The molecule has 1 aromatic heterocycles. The minimum atomic E-state index is -0.343. The Labute approximate surface area is 108 Å². The van der Waals surface area contributed by atoms with Gasteiger partial charge in [0, 0.05) is 24.6 Å². The predicted molar refractivity (Wildman–Crippen MR) is 64.9 cm³/mol. The van der Waals surface area contributed by atoms with Crippen molar-refractivity contribution in [3.63, 3.8) is 0 Å². The van der Waals surface area contributed by atoms with Crippen LogP contribution in [0.4, 0.5) is 10.1 Å². The van der Waals surface area contributed by atoms with Crippen LogP contribution >= 0.6 is 11.6 Å². The quantitative estimate of drug-likeness (QED) is 0.927. The molecule has 0 spiro atoms. The monoisotopic (exact) mass is 268 g/mol. The number of aromatic nitrogens is 1. The molecule has 94 valence electrons. The van der Waals surface area contributed by atoms with Crippen molar-refractivity contribution in [3.05, 3.63) is 47.1 Å². The van der Waals surface area contributed by atoms with E-state index in [1.165, 1.54) is 24.3 Å². The van der Waals surface area contributed by atoms with Crippen LogP contribution < -0.4 is 5.32 Å². The minimum absolute atomic E-state index is 0.186. The lowest BCUT2D eigenvalue weighted by Crippen LogP contribution is -2.12. The normalized spacial score (nSPS) is 10.3. The summed E-state index contributed by atoms with van der Waals surface area (Å²) in [6, 6.07) is 7.13. The van der Waals surface area contributed by atoms with Crippen molar-refractivity contribution in [2.75, 3.05) is 5.32 Å². The first-order chi connectivity index (χ1) is 8.63. The summed E-state index contributed by atoms with van der Waals surface area (Å²) in [5, 5.41) is 6.42. The lowest BCUT2D eigenvalue weighted by Gasteiger charge is -2.03. The molecule has 0 aliphatic heterocycles. The molecule has 2 aromatic rings. The number of benzene rings is 1. The van der Waals surface area contributed by atoms with Crippen molar-refractivity contribution >= 4 is 23.2 Å². The van der Waals surface area contributed by atoms with Gasteiger partial charge >= 0.3 is 0 Å². The molecule has 0 unspecified atom stereocenters. The summed E-state index contributed by atoms with van der Waals surface area (Å²) in [5.74, 6) is 0.0210. The zero-order valence-corrected chi connectivity index (χ0v) is 10.1. The Morgan fingerprint density at radius 3 is 2.72 bits per heavy atom. The maximum absolute atomic E-state index is 12.7. The number of hydrogen-bond donors (Lipinski definition) is 1. The van der Waals surface area contributed by atoms with Crippen molar-refractivity contribution in [2.45, 2.75) is 12.8 Å². The third-order valence-electron chi connectivity index (χ3n) is 2.26. The number of amides is 1. The number of nitrogens with one attached hydrogen (secondary N) is 1. The maximum Gasteiger partial charge on any atom is 0.224 e. The van der Waals surface area contributed by atoms with Gasteiger partial charge in [-0.25, -0.2) is 4.39 Å². The molecular formula is C12H10ClFN2O2. The Hall–Kier alpha value is -1.88. The summed E-state index contributed by atoms with van der Waals surface area (Å²) < 4.78 is 17.5. The standard InChI is InChI=1S/C12H10ClFN2O2/c13-11-7-10(18-16-11)5-6-12(17)15-9-3-1-8(14)2-4-9/h1-4,7H,5-6H2,(H,15,17). The molecule has 6 heteroatoms. The Balaban J connectivity index is 1.83. The zero-order chi connectivity index (χ0) is 13.0. The van der Waals surface area contributed by atoms with Gasteiger partial charge in [-0.05, 0) is 24.3 Å². The molecule has 4 nitrogen and oxygen atoms in total. The lowest BCUT2D eigenvalue weighted by atomic mass is 10.2. The average molecular weight is 269 g/mol. The number of rotatable bonds is 4. The number of aryl methyl sites for hydroxylation is 1. The molecule has 1 aromatic carbocycles. The third-order valence-corrected chi connectivity index (χ3v) is 2.43. The summed E-state index contributed by atoms with van der Waals surface area (Å²) >= 11 is 5.58. The van der Waals surface area contributed by atoms with E-state index in [0.717, 1.165) is 0 Å². The molecule has 0 aliphatic rings. The van der Waals surface area contributed by atoms with Gasteiger partial charge in [0.1, 0.15) is 11.6 Å². The molecule has 0 atom stereocenters. The van der Waals surface area contributed by atoms with Crippen LogP contribution in [-0.2, 0) is 11.2 Å². The number of carbonyl (C=O) groups is 1. The molecule has 0 saturated heterocycles. The van der Waals surface area contributed by atoms with Gasteiger partial charge in [0.05, 0.1) is 0 Å². The van der Waals surface area contributed by atoms with E-state index in [2.05, 4.69) is 10.5 Å². The van der Waals surface area contributed by atoms with Crippen molar-refractivity contribution in [1.29, 1.82) is 0 Å². The fourth-order valence-electron chi connectivity index (χ4n) is 1.40. The Bertz CT molecular complexity index is 539. The first kappa shape index (κ1) is 12.6. The average Bonchev–Trinajstić information content (AvgIpc) is 2.76. The molecule has 0 bridgehead atoms. The van der Waals surface area contributed by atoms with Crippen molar-refractivity contribution < 1.29 is 13.7 Å². The van der Waals surface area contributed by atoms with Gasteiger partial charge in [0.2, 0.25) is 5.91 Å². The summed E-state index contributed by atoms with van der Waals surface area (Å²) in [5.41, 5.74) is 0.553. The van der Waals surface area contributed by atoms with E-state index in [9.17, 15) is 9.18 Å². The van der Waals surface area contributed by atoms with Crippen LogP contribution in [0.25, 0.3) is 0 Å². The van der Waals surface area contributed by atoms with Crippen molar-refractivity contribution in [2.24, 2.45) is 0 Å². The molecule has 0 fully saturated rings. The number of hydrogen-bond acceptors (Lipinski definition) is 3. The minimum Gasteiger partial charge on any atom is -0.360 e. The van der Waals surface area contributed by atoms with Gasteiger partial charge in [-0.3, -0.25) is 4.79 Å². The highest BCUT2D eigenvalue weighted by molar-refractivity contribution is 6.29. The highest BCUT2D eigenvalue weighted by Gasteiger charge is 2.07. The van der Waals surface area contributed by atoms with Crippen LogP contribution in [-0.4, -0.2) is 11.1 Å². The highest BCUT2D eigenvalue weighted by Crippen LogP contribution is 2.12. The van der Waals surface area contributed by atoms with E-state index in [0.29, 0.717) is 17.9 Å². The number of nitrogens with zero attached hydrogens (tertiary/aromatic N) is 1.